The number of aryl methyl sites for hydroxylation is 4. The SMILES string of the molecule is [CH2]=[Hf]([CH3])([CH3])([CH2]CC)([CH2]CC)([CH]1C=Cc2c(-c3cc(C)ccc3C)cccc21)[CH]1C=Cc2c(-c3cc(C)ccc3C)cccc21. The van der Waals surface area contributed by atoms with Crippen molar-refractivity contribution in [3.05, 3.63) is 129 Å². The molecule has 0 N–H and O–H groups in total. The van der Waals surface area contributed by atoms with E-state index in [1.54, 1.807) is 0 Å². The van der Waals surface area contributed by atoms with Crippen molar-refractivity contribution in [1.82, 2.24) is 0 Å². The molecule has 4 aromatic rings. The molecule has 0 fully saturated rings. The monoisotopic (exact) mass is 748 g/mol. The average molecular weight is 747 g/mol. The van der Waals surface area contributed by atoms with Crippen LogP contribution in [0.5, 0.6) is 0 Å². The molecular formula is C43H52Hf. The summed E-state index contributed by atoms with van der Waals surface area (Å²) in [7, 11) is 0. The van der Waals surface area contributed by atoms with Gasteiger partial charge in [-0.05, 0) is 0 Å². The number of fused-ring (bicyclic) bond motifs is 2. The van der Waals surface area contributed by atoms with E-state index in [0.717, 1.165) is 12.8 Å². The van der Waals surface area contributed by atoms with Gasteiger partial charge in [0.25, 0.3) is 0 Å². The van der Waals surface area contributed by atoms with Crippen LogP contribution in [0.3, 0.4) is 0 Å². The molecule has 0 amide bonds. The van der Waals surface area contributed by atoms with Gasteiger partial charge in [0.1, 0.15) is 0 Å². The molecule has 6 rings (SSSR count). The molecule has 0 radical (unpaired) electrons. The molecule has 0 saturated heterocycles. The molecule has 44 heavy (non-hydrogen) atoms. The van der Waals surface area contributed by atoms with Crippen LogP contribution in [-0.4, -0.2) is 4.26 Å². The van der Waals surface area contributed by atoms with Gasteiger partial charge in [-0.3, -0.25) is 0 Å². The summed E-state index contributed by atoms with van der Waals surface area (Å²) in [5.41, 5.74) is 16.6. The summed E-state index contributed by atoms with van der Waals surface area (Å²) < 4.78 is 14.5. The predicted molar refractivity (Wildman–Crippen MR) is 195 cm³/mol. The zero-order chi connectivity index (χ0) is 31.6. The molecule has 228 valence electrons. The van der Waals surface area contributed by atoms with Crippen LogP contribution < -0.4 is 0 Å². The maximum atomic E-state index is 5.87. The third kappa shape index (κ3) is 4.28. The first-order valence-electron chi connectivity index (χ1n) is 17.0. The standard InChI is InChI=1S/2C17H15.2C3H7.2CH3.CH2.Hf/c2*1-12-9-10-13(2)17(11-12)16-8-4-6-14-5-3-7-15(14)16;2*1-3-2;;;;/h2*3-11H,1-2H3;2*1,3H2,2H3;2*1H3;1H2;. The van der Waals surface area contributed by atoms with Gasteiger partial charge in [0, 0.05) is 0 Å². The predicted octanol–water partition coefficient (Wildman–Crippen LogP) is 13.0. The van der Waals surface area contributed by atoms with Crippen molar-refractivity contribution in [2.24, 2.45) is 0 Å². The van der Waals surface area contributed by atoms with Crippen LogP contribution in [0.25, 0.3) is 34.4 Å². The van der Waals surface area contributed by atoms with Crippen molar-refractivity contribution in [3.8, 4) is 22.3 Å². The number of hydrogen-bond donors (Lipinski definition) is 0. The van der Waals surface area contributed by atoms with E-state index in [1.807, 2.05) is 0 Å². The summed E-state index contributed by atoms with van der Waals surface area (Å²) in [6.45, 7) is 13.7. The zero-order valence-corrected chi connectivity index (χ0v) is 32.0. The molecule has 0 bridgehead atoms. The van der Waals surface area contributed by atoms with Crippen molar-refractivity contribution in [3.63, 3.8) is 0 Å². The fraction of sp³-hybridized carbons (Fsp3) is 0.326. The first-order valence-corrected chi connectivity index (χ1v) is 36.0. The van der Waals surface area contributed by atoms with Crippen LogP contribution in [0.15, 0.2) is 84.9 Å². The van der Waals surface area contributed by atoms with Gasteiger partial charge in [-0.2, -0.15) is 0 Å². The first kappa shape index (κ1) is 31.1. The second kappa shape index (κ2) is 9.56. The third-order valence-electron chi connectivity index (χ3n) is 12.9. The summed E-state index contributed by atoms with van der Waals surface area (Å²) in [5.74, 6) is 0. The van der Waals surface area contributed by atoms with Crippen LogP contribution in [0, 0.1) is 27.7 Å². The van der Waals surface area contributed by atoms with Crippen molar-refractivity contribution in [2.75, 3.05) is 0 Å². The van der Waals surface area contributed by atoms with E-state index < -0.39 is 15.1 Å². The van der Waals surface area contributed by atoms with Gasteiger partial charge in [-0.15, -0.1) is 0 Å². The molecule has 2 unspecified atom stereocenters. The number of allylic oxidation sites excluding steroid dienone is 2. The van der Waals surface area contributed by atoms with Crippen LogP contribution in [0.1, 0.15) is 78.5 Å². The van der Waals surface area contributed by atoms with Gasteiger partial charge in [0.2, 0.25) is 0 Å². The van der Waals surface area contributed by atoms with E-state index in [4.69, 9.17) is 4.26 Å². The molecule has 0 aliphatic heterocycles. The van der Waals surface area contributed by atoms with Gasteiger partial charge in [0.15, 0.2) is 0 Å². The van der Waals surface area contributed by atoms with Gasteiger partial charge < -0.3 is 0 Å². The van der Waals surface area contributed by atoms with Crippen molar-refractivity contribution >= 4 is 16.4 Å². The van der Waals surface area contributed by atoms with E-state index in [9.17, 15) is 0 Å². The third-order valence-corrected chi connectivity index (χ3v) is 57.6. The summed E-state index contributed by atoms with van der Waals surface area (Å²) in [6.07, 6.45) is 12.5. The Bertz CT molecular complexity index is 1880. The molecular weight excluding hydrogens is 695 g/mol. The Hall–Kier alpha value is -2.90. The minimum atomic E-state index is -5.29. The van der Waals surface area contributed by atoms with Crippen molar-refractivity contribution in [1.29, 1.82) is 0 Å². The fourth-order valence-electron chi connectivity index (χ4n) is 10.8. The average Bonchev–Trinajstić information content (AvgIpc) is 3.63. The molecule has 1 heteroatoms. The van der Waals surface area contributed by atoms with Crippen molar-refractivity contribution in [2.45, 2.75) is 79.4 Å². The molecule has 0 nitrogen and oxygen atoms in total. The van der Waals surface area contributed by atoms with E-state index in [-0.39, 0.29) is 0 Å². The van der Waals surface area contributed by atoms with Crippen LogP contribution in [0.2, 0.25) is 17.7 Å². The van der Waals surface area contributed by atoms with E-state index in [2.05, 4.69) is 148 Å². The quantitative estimate of drug-likeness (QED) is 0.158. The Labute approximate surface area is 261 Å². The Balaban J connectivity index is 1.63. The fourth-order valence-corrected chi connectivity index (χ4v) is 53.5. The van der Waals surface area contributed by atoms with Gasteiger partial charge >= 0.3 is 263 Å². The van der Waals surface area contributed by atoms with E-state index in [0.29, 0.717) is 7.35 Å². The molecule has 0 heterocycles. The van der Waals surface area contributed by atoms with Crippen LogP contribution >= 0.6 is 0 Å². The van der Waals surface area contributed by atoms with E-state index >= 15 is 0 Å². The van der Waals surface area contributed by atoms with E-state index in [1.165, 1.54) is 75.1 Å². The molecule has 0 aromatic heterocycles. The molecule has 2 aliphatic rings. The molecule has 4 aromatic carbocycles. The maximum absolute atomic E-state index is 5.87. The van der Waals surface area contributed by atoms with Crippen LogP contribution in [0.4, 0.5) is 0 Å². The topological polar surface area (TPSA) is 0 Å². The van der Waals surface area contributed by atoms with Gasteiger partial charge in [-0.25, -0.2) is 0 Å². The van der Waals surface area contributed by atoms with Gasteiger partial charge in [0.05, 0.1) is 0 Å². The minimum absolute atomic E-state index is 0.323. The Morgan fingerprint density at radius 3 is 1.36 bits per heavy atom. The molecule has 2 aliphatic carbocycles. The van der Waals surface area contributed by atoms with Crippen LogP contribution in [-0.2, 0) is 15.1 Å². The molecule has 0 saturated carbocycles. The molecule has 2 atom stereocenters. The summed E-state index contributed by atoms with van der Waals surface area (Å²) >= 11 is -5.29. The summed E-state index contributed by atoms with van der Waals surface area (Å²) in [4.78, 5) is 0. The first-order chi connectivity index (χ1) is 20.7. The Morgan fingerprint density at radius 1 is 0.568 bits per heavy atom. The second-order valence-corrected chi connectivity index (χ2v) is 67.9. The summed E-state index contributed by atoms with van der Waals surface area (Å²) in [5, 5.41) is 0. The zero-order valence-electron chi connectivity index (χ0n) is 28.4. The Morgan fingerprint density at radius 2 is 0.977 bits per heavy atom. The van der Waals surface area contributed by atoms with Gasteiger partial charge in [-0.1, -0.05) is 0 Å². The number of rotatable bonds is 8. The second-order valence-electron chi connectivity index (χ2n) is 17.3. The normalized spacial score (nSPS) is 19.6. The summed E-state index contributed by atoms with van der Waals surface area (Å²) in [6, 6.07) is 27.9. The number of hydrogen-bond acceptors (Lipinski definition) is 0. The van der Waals surface area contributed by atoms with Crippen molar-refractivity contribution < 1.29 is 15.1 Å². The molecule has 0 spiro atoms. The number of benzene rings is 4. The Kier molecular flexibility index (Phi) is 6.75.